The van der Waals surface area contributed by atoms with E-state index in [4.69, 9.17) is 5.10 Å². The molecule has 1 aromatic carbocycles. The second-order valence-corrected chi connectivity index (χ2v) is 8.21. The van der Waals surface area contributed by atoms with Crippen molar-refractivity contribution < 1.29 is 4.79 Å². The SMILES string of the molecule is Cc1nnc(N2CCC(C(=O)NC3CC3)CC2)c2nn(-c3ccccc3)c(C)c12. The Balaban J connectivity index is 1.43. The van der Waals surface area contributed by atoms with Crippen LogP contribution >= 0.6 is 0 Å². The molecule has 7 nitrogen and oxygen atoms in total. The number of benzene rings is 1. The molecule has 3 heterocycles. The molecule has 5 rings (SSSR count). The number of anilines is 1. The molecular weight excluding hydrogens is 364 g/mol. The number of carbonyl (C=O) groups is 1. The molecule has 1 N–H and O–H groups in total. The molecule has 0 atom stereocenters. The minimum absolute atomic E-state index is 0.101. The quantitative estimate of drug-likeness (QED) is 0.741. The molecule has 3 aromatic rings. The number of rotatable bonds is 4. The predicted octanol–water partition coefficient (Wildman–Crippen LogP) is 2.93. The first-order valence-corrected chi connectivity index (χ1v) is 10.4. The van der Waals surface area contributed by atoms with Crippen molar-refractivity contribution in [2.75, 3.05) is 18.0 Å². The molecule has 1 aliphatic heterocycles. The van der Waals surface area contributed by atoms with E-state index in [0.717, 1.165) is 72.6 Å². The molecule has 1 saturated carbocycles. The standard InChI is InChI=1S/C22H26N6O/c1-14-19-15(2)28(18-6-4-3-5-7-18)26-20(19)21(25-24-14)27-12-10-16(11-13-27)22(29)23-17-8-9-17/h3-7,16-17H,8-13H2,1-2H3,(H,23,29). The smallest absolute Gasteiger partial charge is 0.223 e. The summed E-state index contributed by atoms with van der Waals surface area (Å²) in [5.74, 6) is 1.14. The molecule has 7 heteroatoms. The predicted molar refractivity (Wildman–Crippen MR) is 112 cm³/mol. The van der Waals surface area contributed by atoms with Gasteiger partial charge in [0.15, 0.2) is 5.82 Å². The van der Waals surface area contributed by atoms with Crippen LogP contribution in [0.25, 0.3) is 16.6 Å². The number of fused-ring (bicyclic) bond motifs is 1. The van der Waals surface area contributed by atoms with Crippen molar-refractivity contribution in [1.82, 2.24) is 25.3 Å². The number of amides is 1. The van der Waals surface area contributed by atoms with Crippen LogP contribution in [0.1, 0.15) is 37.1 Å². The molecule has 29 heavy (non-hydrogen) atoms. The Morgan fingerprint density at radius 1 is 1.03 bits per heavy atom. The lowest BCUT2D eigenvalue weighted by molar-refractivity contribution is -0.125. The first-order chi connectivity index (χ1) is 14.1. The largest absolute Gasteiger partial charge is 0.353 e. The van der Waals surface area contributed by atoms with Gasteiger partial charge in [0.1, 0.15) is 5.52 Å². The number of hydrogen-bond donors (Lipinski definition) is 1. The first kappa shape index (κ1) is 18.1. The summed E-state index contributed by atoms with van der Waals surface area (Å²) in [6.07, 6.45) is 3.94. The van der Waals surface area contributed by atoms with Crippen LogP contribution in [0.3, 0.4) is 0 Å². The van der Waals surface area contributed by atoms with Gasteiger partial charge in [-0.05, 0) is 51.7 Å². The molecule has 2 aromatic heterocycles. The Hall–Kier alpha value is -2.96. The van der Waals surface area contributed by atoms with E-state index < -0.39 is 0 Å². The highest BCUT2D eigenvalue weighted by molar-refractivity contribution is 5.92. The first-order valence-electron chi connectivity index (χ1n) is 10.4. The second-order valence-electron chi connectivity index (χ2n) is 8.21. The summed E-state index contributed by atoms with van der Waals surface area (Å²) in [6.45, 7) is 5.66. The molecular formula is C22H26N6O. The number of hydrogen-bond acceptors (Lipinski definition) is 5. The maximum absolute atomic E-state index is 12.4. The lowest BCUT2D eigenvalue weighted by Crippen LogP contribution is -2.41. The fraction of sp³-hybridized carbons (Fsp3) is 0.455. The van der Waals surface area contributed by atoms with Gasteiger partial charge in [-0.3, -0.25) is 4.79 Å². The number of piperidine rings is 1. The third-order valence-corrected chi connectivity index (χ3v) is 6.07. The number of aryl methyl sites for hydroxylation is 2. The van der Waals surface area contributed by atoms with Crippen LogP contribution in [0.5, 0.6) is 0 Å². The van der Waals surface area contributed by atoms with Gasteiger partial charge < -0.3 is 10.2 Å². The van der Waals surface area contributed by atoms with Gasteiger partial charge in [0.2, 0.25) is 5.91 Å². The Bertz CT molecular complexity index is 1050. The van der Waals surface area contributed by atoms with E-state index in [1.54, 1.807) is 0 Å². The van der Waals surface area contributed by atoms with Gasteiger partial charge in [0, 0.05) is 25.0 Å². The van der Waals surface area contributed by atoms with Crippen LogP contribution in [0.15, 0.2) is 30.3 Å². The van der Waals surface area contributed by atoms with E-state index in [9.17, 15) is 4.79 Å². The average molecular weight is 390 g/mol. The van der Waals surface area contributed by atoms with Gasteiger partial charge in [-0.25, -0.2) is 4.68 Å². The summed E-state index contributed by atoms with van der Waals surface area (Å²) in [5.41, 5.74) is 3.88. The second kappa shape index (κ2) is 7.13. The number of para-hydroxylation sites is 1. The van der Waals surface area contributed by atoms with Crippen molar-refractivity contribution in [3.05, 3.63) is 41.7 Å². The van der Waals surface area contributed by atoms with Crippen LogP contribution in [0, 0.1) is 19.8 Å². The number of carbonyl (C=O) groups excluding carboxylic acids is 1. The lowest BCUT2D eigenvalue weighted by atomic mass is 9.95. The highest BCUT2D eigenvalue weighted by Gasteiger charge is 2.31. The molecule has 0 radical (unpaired) electrons. The molecule has 2 aliphatic rings. The van der Waals surface area contributed by atoms with Crippen molar-refractivity contribution in [2.45, 2.75) is 45.6 Å². The molecule has 2 fully saturated rings. The summed E-state index contributed by atoms with van der Waals surface area (Å²) in [4.78, 5) is 14.6. The zero-order chi connectivity index (χ0) is 20.0. The minimum atomic E-state index is 0.101. The van der Waals surface area contributed by atoms with Gasteiger partial charge in [-0.15, -0.1) is 5.10 Å². The topological polar surface area (TPSA) is 75.9 Å². The van der Waals surface area contributed by atoms with Gasteiger partial charge in [0.05, 0.1) is 22.5 Å². The summed E-state index contributed by atoms with van der Waals surface area (Å²) in [7, 11) is 0. The fourth-order valence-electron chi connectivity index (χ4n) is 4.25. The molecule has 150 valence electrons. The third-order valence-electron chi connectivity index (χ3n) is 6.07. The fourth-order valence-corrected chi connectivity index (χ4v) is 4.25. The van der Waals surface area contributed by atoms with Crippen LogP contribution < -0.4 is 10.2 Å². The van der Waals surface area contributed by atoms with Crippen molar-refractivity contribution in [3.63, 3.8) is 0 Å². The molecule has 1 amide bonds. The molecule has 1 aliphatic carbocycles. The highest BCUT2D eigenvalue weighted by Crippen LogP contribution is 2.31. The Morgan fingerprint density at radius 3 is 2.45 bits per heavy atom. The highest BCUT2D eigenvalue weighted by atomic mass is 16.2. The normalized spacial score (nSPS) is 17.7. The Labute approximate surface area is 170 Å². The zero-order valence-corrected chi connectivity index (χ0v) is 16.9. The third kappa shape index (κ3) is 3.34. The van der Waals surface area contributed by atoms with Crippen LogP contribution in [0.4, 0.5) is 5.82 Å². The minimum Gasteiger partial charge on any atom is -0.353 e. The van der Waals surface area contributed by atoms with E-state index >= 15 is 0 Å². The van der Waals surface area contributed by atoms with E-state index in [-0.39, 0.29) is 11.8 Å². The van der Waals surface area contributed by atoms with E-state index in [1.807, 2.05) is 29.8 Å². The monoisotopic (exact) mass is 390 g/mol. The average Bonchev–Trinajstić information content (AvgIpc) is 3.49. The summed E-state index contributed by atoms with van der Waals surface area (Å²) < 4.78 is 1.97. The van der Waals surface area contributed by atoms with Crippen molar-refractivity contribution in [2.24, 2.45) is 5.92 Å². The van der Waals surface area contributed by atoms with Gasteiger partial charge >= 0.3 is 0 Å². The van der Waals surface area contributed by atoms with Crippen LogP contribution in [-0.4, -0.2) is 45.0 Å². The van der Waals surface area contributed by atoms with E-state index in [1.165, 1.54) is 0 Å². The summed E-state index contributed by atoms with van der Waals surface area (Å²) >= 11 is 0. The van der Waals surface area contributed by atoms with Gasteiger partial charge in [0.25, 0.3) is 0 Å². The van der Waals surface area contributed by atoms with Gasteiger partial charge in [-0.1, -0.05) is 18.2 Å². The summed E-state index contributed by atoms with van der Waals surface area (Å²) in [6, 6.07) is 10.6. The number of nitrogens with one attached hydrogen (secondary N) is 1. The maximum Gasteiger partial charge on any atom is 0.223 e. The lowest BCUT2D eigenvalue weighted by Gasteiger charge is -2.32. The number of aromatic nitrogens is 4. The van der Waals surface area contributed by atoms with E-state index in [0.29, 0.717) is 6.04 Å². The maximum atomic E-state index is 12.4. The van der Waals surface area contributed by atoms with E-state index in [2.05, 4.69) is 39.5 Å². The summed E-state index contributed by atoms with van der Waals surface area (Å²) in [5, 5.41) is 18.1. The van der Waals surface area contributed by atoms with Crippen LogP contribution in [0.2, 0.25) is 0 Å². The molecule has 1 saturated heterocycles. The van der Waals surface area contributed by atoms with Crippen molar-refractivity contribution >= 4 is 22.6 Å². The van der Waals surface area contributed by atoms with Crippen molar-refractivity contribution in [3.8, 4) is 5.69 Å². The molecule has 0 spiro atoms. The van der Waals surface area contributed by atoms with Crippen molar-refractivity contribution in [1.29, 1.82) is 0 Å². The zero-order valence-electron chi connectivity index (χ0n) is 16.9. The molecule has 0 bridgehead atoms. The Kier molecular flexibility index (Phi) is 4.45. The van der Waals surface area contributed by atoms with Gasteiger partial charge in [-0.2, -0.15) is 10.2 Å². The molecule has 0 unspecified atom stereocenters. The Morgan fingerprint density at radius 2 is 1.76 bits per heavy atom. The number of nitrogens with zero attached hydrogens (tertiary/aromatic N) is 5. The van der Waals surface area contributed by atoms with Crippen LogP contribution in [-0.2, 0) is 4.79 Å².